The number of sulfonamides is 1. The number of anilines is 2. The first kappa shape index (κ1) is 21.5. The Hall–Kier alpha value is -2.23. The zero-order valence-corrected chi connectivity index (χ0v) is 18.5. The first-order valence-corrected chi connectivity index (χ1v) is 11.6. The van der Waals surface area contributed by atoms with Gasteiger partial charge in [-0.25, -0.2) is 13.1 Å². The van der Waals surface area contributed by atoms with Crippen LogP contribution in [0.1, 0.15) is 48.8 Å². The SMILES string of the molecule is Cc1cc(NC(=O)C(C)(C)C)sc1C(=O)Nc1cccc(S(=O)(=O)NC2CC2)c1. The molecule has 3 N–H and O–H groups in total. The Morgan fingerprint density at radius 1 is 1.10 bits per heavy atom. The second kappa shape index (κ2) is 7.89. The maximum Gasteiger partial charge on any atom is 0.266 e. The zero-order chi connectivity index (χ0) is 21.4. The van der Waals surface area contributed by atoms with Crippen molar-refractivity contribution < 1.29 is 18.0 Å². The molecule has 3 rings (SSSR count). The first-order chi connectivity index (χ1) is 13.5. The number of amides is 2. The maximum atomic E-state index is 12.7. The molecule has 0 bridgehead atoms. The average Bonchev–Trinajstić information content (AvgIpc) is 3.34. The van der Waals surface area contributed by atoms with Gasteiger partial charge in [0.1, 0.15) is 0 Å². The summed E-state index contributed by atoms with van der Waals surface area (Å²) in [7, 11) is -3.60. The molecule has 9 heteroatoms. The Kier molecular flexibility index (Phi) is 5.84. The Labute approximate surface area is 175 Å². The largest absolute Gasteiger partial charge is 0.321 e. The molecule has 1 aliphatic rings. The van der Waals surface area contributed by atoms with E-state index in [2.05, 4.69) is 15.4 Å². The molecule has 1 fully saturated rings. The number of rotatable bonds is 6. The van der Waals surface area contributed by atoms with Gasteiger partial charge >= 0.3 is 0 Å². The topological polar surface area (TPSA) is 104 Å². The van der Waals surface area contributed by atoms with Crippen LogP contribution < -0.4 is 15.4 Å². The van der Waals surface area contributed by atoms with Gasteiger partial charge in [0.25, 0.3) is 5.91 Å². The Morgan fingerprint density at radius 2 is 1.79 bits per heavy atom. The van der Waals surface area contributed by atoms with Crippen LogP contribution in [0, 0.1) is 12.3 Å². The molecular weight excluding hydrogens is 410 g/mol. The lowest BCUT2D eigenvalue weighted by Crippen LogP contribution is -2.27. The van der Waals surface area contributed by atoms with Gasteiger partial charge < -0.3 is 10.6 Å². The highest BCUT2D eigenvalue weighted by Crippen LogP contribution is 2.29. The number of aryl methyl sites for hydroxylation is 1. The molecule has 0 saturated heterocycles. The van der Waals surface area contributed by atoms with Gasteiger partial charge in [-0.15, -0.1) is 11.3 Å². The van der Waals surface area contributed by atoms with Gasteiger partial charge in [-0.05, 0) is 49.6 Å². The summed E-state index contributed by atoms with van der Waals surface area (Å²) in [5.74, 6) is -0.486. The van der Waals surface area contributed by atoms with Crippen LogP contribution >= 0.6 is 11.3 Å². The fourth-order valence-electron chi connectivity index (χ4n) is 2.49. The van der Waals surface area contributed by atoms with Crippen molar-refractivity contribution in [3.8, 4) is 0 Å². The van der Waals surface area contributed by atoms with E-state index in [4.69, 9.17) is 0 Å². The summed E-state index contributed by atoms with van der Waals surface area (Å²) in [4.78, 5) is 25.4. The number of carbonyl (C=O) groups excluding carboxylic acids is 2. The minimum absolute atomic E-state index is 0.00810. The van der Waals surface area contributed by atoms with Crippen molar-refractivity contribution in [1.82, 2.24) is 4.72 Å². The fraction of sp³-hybridized carbons (Fsp3) is 0.400. The lowest BCUT2D eigenvalue weighted by atomic mass is 9.96. The average molecular weight is 436 g/mol. The van der Waals surface area contributed by atoms with E-state index < -0.39 is 15.4 Å². The van der Waals surface area contributed by atoms with E-state index >= 15 is 0 Å². The number of nitrogens with one attached hydrogen (secondary N) is 3. The number of carbonyl (C=O) groups is 2. The molecule has 7 nitrogen and oxygen atoms in total. The third-order valence-electron chi connectivity index (χ3n) is 4.34. The number of benzene rings is 1. The third-order valence-corrected chi connectivity index (χ3v) is 7.01. The number of hydrogen-bond donors (Lipinski definition) is 3. The van der Waals surface area contributed by atoms with Gasteiger partial charge in [-0.1, -0.05) is 26.8 Å². The van der Waals surface area contributed by atoms with Crippen molar-refractivity contribution in [3.05, 3.63) is 40.8 Å². The summed E-state index contributed by atoms with van der Waals surface area (Å²) in [6, 6.07) is 7.93. The smallest absolute Gasteiger partial charge is 0.266 e. The van der Waals surface area contributed by atoms with Crippen molar-refractivity contribution in [2.45, 2.75) is 51.5 Å². The molecule has 1 aromatic heterocycles. The maximum absolute atomic E-state index is 12.7. The van der Waals surface area contributed by atoms with Gasteiger partial charge in [-0.2, -0.15) is 0 Å². The molecule has 0 aliphatic heterocycles. The predicted molar refractivity (Wildman–Crippen MR) is 115 cm³/mol. The van der Waals surface area contributed by atoms with Gasteiger partial charge in [0, 0.05) is 17.1 Å². The molecule has 1 saturated carbocycles. The van der Waals surface area contributed by atoms with E-state index in [0.29, 0.717) is 15.6 Å². The second-order valence-corrected chi connectivity index (χ2v) is 11.0. The van der Waals surface area contributed by atoms with E-state index in [0.717, 1.165) is 18.4 Å². The Bertz CT molecular complexity index is 1050. The number of thiophene rings is 1. The van der Waals surface area contributed by atoms with E-state index in [1.165, 1.54) is 23.5 Å². The molecule has 0 radical (unpaired) electrons. The van der Waals surface area contributed by atoms with Crippen LogP contribution in [0.25, 0.3) is 0 Å². The van der Waals surface area contributed by atoms with Crippen molar-refractivity contribution in [3.63, 3.8) is 0 Å². The summed E-state index contributed by atoms with van der Waals surface area (Å²) in [6.07, 6.45) is 1.70. The van der Waals surface area contributed by atoms with Crippen LogP contribution in [0.15, 0.2) is 35.2 Å². The van der Waals surface area contributed by atoms with Gasteiger partial charge in [0.15, 0.2) is 0 Å². The van der Waals surface area contributed by atoms with E-state index in [1.807, 2.05) is 20.8 Å². The monoisotopic (exact) mass is 435 g/mol. The summed E-state index contributed by atoms with van der Waals surface area (Å²) in [5, 5.41) is 6.17. The summed E-state index contributed by atoms with van der Waals surface area (Å²) < 4.78 is 27.4. The van der Waals surface area contributed by atoms with Crippen LogP contribution in [0.5, 0.6) is 0 Å². The molecule has 29 heavy (non-hydrogen) atoms. The molecular formula is C20H25N3O4S2. The Morgan fingerprint density at radius 3 is 2.41 bits per heavy atom. The van der Waals surface area contributed by atoms with Gasteiger partial charge in [0.05, 0.1) is 14.8 Å². The van der Waals surface area contributed by atoms with Crippen LogP contribution in [0.4, 0.5) is 10.7 Å². The summed E-state index contributed by atoms with van der Waals surface area (Å²) in [5.41, 5.74) is 0.582. The van der Waals surface area contributed by atoms with Crippen molar-refractivity contribution in [2.75, 3.05) is 10.6 Å². The molecule has 0 unspecified atom stereocenters. The van der Waals surface area contributed by atoms with Crippen LogP contribution in [-0.4, -0.2) is 26.3 Å². The van der Waals surface area contributed by atoms with Crippen molar-refractivity contribution in [1.29, 1.82) is 0 Å². The fourth-order valence-corrected chi connectivity index (χ4v) is 4.80. The Balaban J connectivity index is 1.74. The van der Waals surface area contributed by atoms with Crippen LogP contribution in [0.3, 0.4) is 0 Å². The minimum atomic E-state index is -3.60. The number of hydrogen-bond acceptors (Lipinski definition) is 5. The van der Waals surface area contributed by atoms with Crippen molar-refractivity contribution >= 4 is 43.9 Å². The minimum Gasteiger partial charge on any atom is -0.321 e. The molecule has 1 aliphatic carbocycles. The highest BCUT2D eigenvalue weighted by molar-refractivity contribution is 7.89. The zero-order valence-electron chi connectivity index (χ0n) is 16.8. The van der Waals surface area contributed by atoms with Crippen molar-refractivity contribution in [2.24, 2.45) is 5.41 Å². The summed E-state index contributed by atoms with van der Waals surface area (Å²) >= 11 is 1.18. The molecule has 1 heterocycles. The summed E-state index contributed by atoms with van der Waals surface area (Å²) in [6.45, 7) is 7.24. The third kappa shape index (κ3) is 5.43. The predicted octanol–water partition coefficient (Wildman–Crippen LogP) is 3.73. The van der Waals surface area contributed by atoms with Gasteiger partial charge in [0.2, 0.25) is 15.9 Å². The molecule has 2 amide bonds. The molecule has 0 spiro atoms. The normalized spacial score (nSPS) is 14.5. The standard InChI is InChI=1S/C20H25N3O4S2/c1-12-10-16(22-19(25)20(2,3)4)28-17(12)18(24)21-14-6-5-7-15(11-14)29(26,27)23-13-8-9-13/h5-7,10-11,13,23H,8-9H2,1-4H3,(H,21,24)(H,22,25). The quantitative estimate of drug-likeness (QED) is 0.643. The first-order valence-electron chi connectivity index (χ1n) is 9.31. The second-order valence-electron chi connectivity index (χ2n) is 8.20. The van der Waals surface area contributed by atoms with Crippen LogP contribution in [-0.2, 0) is 14.8 Å². The van der Waals surface area contributed by atoms with Crippen LogP contribution in [0.2, 0.25) is 0 Å². The lowest BCUT2D eigenvalue weighted by molar-refractivity contribution is -0.123. The van der Waals surface area contributed by atoms with E-state index in [9.17, 15) is 18.0 Å². The molecule has 0 atom stereocenters. The van der Waals surface area contributed by atoms with Gasteiger partial charge in [-0.3, -0.25) is 9.59 Å². The highest BCUT2D eigenvalue weighted by atomic mass is 32.2. The van der Waals surface area contributed by atoms with E-state index in [-0.39, 0.29) is 22.8 Å². The highest BCUT2D eigenvalue weighted by Gasteiger charge is 2.28. The molecule has 1 aromatic carbocycles. The molecule has 2 aromatic rings. The lowest BCUT2D eigenvalue weighted by Gasteiger charge is -2.16. The molecule has 156 valence electrons. The van der Waals surface area contributed by atoms with E-state index in [1.54, 1.807) is 25.1 Å².